The van der Waals surface area contributed by atoms with Crippen LogP contribution < -0.4 is 16.4 Å². The molecule has 150 valence electrons. The van der Waals surface area contributed by atoms with Crippen molar-refractivity contribution in [2.24, 2.45) is 5.73 Å². The first-order valence-corrected chi connectivity index (χ1v) is 8.95. The van der Waals surface area contributed by atoms with Gasteiger partial charge >= 0.3 is 5.97 Å². The lowest BCUT2D eigenvalue weighted by molar-refractivity contribution is -0.137. The van der Waals surface area contributed by atoms with Gasteiger partial charge in [0.25, 0.3) is 0 Å². The molecule has 9 nitrogen and oxygen atoms in total. The van der Waals surface area contributed by atoms with E-state index in [1.807, 2.05) is 30.3 Å². The molecule has 0 radical (unpaired) electrons. The van der Waals surface area contributed by atoms with Crippen LogP contribution in [0.4, 0.5) is 0 Å². The van der Waals surface area contributed by atoms with Crippen LogP contribution in [0, 0.1) is 0 Å². The van der Waals surface area contributed by atoms with E-state index in [1.165, 1.54) is 0 Å². The van der Waals surface area contributed by atoms with E-state index in [0.29, 0.717) is 17.9 Å². The third-order valence-corrected chi connectivity index (χ3v) is 3.99. The fraction of sp³-hybridized carbons (Fsp3) is 0.368. The molecule has 0 spiro atoms. The van der Waals surface area contributed by atoms with Gasteiger partial charge in [-0.3, -0.25) is 14.4 Å². The third-order valence-electron chi connectivity index (χ3n) is 3.99. The Hall–Kier alpha value is -3.20. The van der Waals surface area contributed by atoms with Crippen molar-refractivity contribution in [3.8, 4) is 11.3 Å². The van der Waals surface area contributed by atoms with Crippen molar-refractivity contribution in [3.05, 3.63) is 42.1 Å². The van der Waals surface area contributed by atoms with Crippen molar-refractivity contribution in [1.82, 2.24) is 15.8 Å². The summed E-state index contributed by atoms with van der Waals surface area (Å²) in [6.07, 6.45) is 0.727. The SMILES string of the molecule is NC(=O)CNCC(CCC(=O)O)NC(=O)CCc1cc(-c2ccccc2)on1. The highest BCUT2D eigenvalue weighted by Crippen LogP contribution is 2.20. The number of carbonyl (C=O) groups excluding carboxylic acids is 2. The second-order valence-electron chi connectivity index (χ2n) is 6.34. The summed E-state index contributed by atoms with van der Waals surface area (Å²) < 4.78 is 5.30. The molecule has 1 heterocycles. The normalized spacial score (nSPS) is 11.7. The third kappa shape index (κ3) is 7.58. The molecule has 0 aliphatic rings. The fourth-order valence-electron chi connectivity index (χ4n) is 2.60. The number of nitrogens with zero attached hydrogens (tertiary/aromatic N) is 1. The molecular formula is C19H24N4O5. The predicted octanol–water partition coefficient (Wildman–Crippen LogP) is 0.699. The number of rotatable bonds is 12. The Kier molecular flexibility index (Phi) is 8.16. The van der Waals surface area contributed by atoms with Crippen LogP contribution in [0.15, 0.2) is 40.9 Å². The molecule has 9 heteroatoms. The molecule has 0 saturated carbocycles. The van der Waals surface area contributed by atoms with Gasteiger partial charge < -0.3 is 26.0 Å². The Bertz CT molecular complexity index is 791. The standard InChI is InChI=1S/C19H24N4O5/c20-17(24)12-21-11-15(7-9-19(26)27)22-18(25)8-6-14-10-16(28-23-14)13-4-2-1-3-5-13/h1-5,10,15,21H,6-9,11-12H2,(H2,20,24)(H,22,25)(H,26,27). The summed E-state index contributed by atoms with van der Waals surface area (Å²) in [5.41, 5.74) is 6.62. The Morgan fingerprint density at radius 1 is 1.18 bits per heavy atom. The Balaban J connectivity index is 1.83. The molecule has 2 aromatic rings. The van der Waals surface area contributed by atoms with Crippen LogP contribution in [-0.4, -0.2) is 47.2 Å². The molecular weight excluding hydrogens is 364 g/mol. The molecule has 0 fully saturated rings. The first kappa shape index (κ1) is 21.1. The van der Waals surface area contributed by atoms with Crippen LogP contribution in [0.2, 0.25) is 0 Å². The number of nitrogens with two attached hydrogens (primary N) is 1. The van der Waals surface area contributed by atoms with E-state index >= 15 is 0 Å². The van der Waals surface area contributed by atoms with Gasteiger partial charge in [0, 0.05) is 43.5 Å². The van der Waals surface area contributed by atoms with Crippen molar-refractivity contribution < 1.29 is 24.0 Å². The van der Waals surface area contributed by atoms with Crippen molar-refractivity contribution >= 4 is 17.8 Å². The second-order valence-corrected chi connectivity index (χ2v) is 6.34. The summed E-state index contributed by atoms with van der Waals surface area (Å²) in [7, 11) is 0. The zero-order valence-electron chi connectivity index (χ0n) is 15.4. The second kappa shape index (κ2) is 10.8. The van der Waals surface area contributed by atoms with Gasteiger partial charge in [0.1, 0.15) is 0 Å². The maximum atomic E-state index is 12.2. The summed E-state index contributed by atoms with van der Waals surface area (Å²) in [6, 6.07) is 10.9. The number of nitrogens with one attached hydrogen (secondary N) is 2. The van der Waals surface area contributed by atoms with E-state index in [2.05, 4.69) is 15.8 Å². The number of carbonyl (C=O) groups is 3. The maximum absolute atomic E-state index is 12.2. The molecule has 2 amide bonds. The van der Waals surface area contributed by atoms with Gasteiger partial charge in [0.2, 0.25) is 11.8 Å². The molecule has 0 aliphatic carbocycles. The number of hydrogen-bond acceptors (Lipinski definition) is 6. The van der Waals surface area contributed by atoms with Crippen LogP contribution >= 0.6 is 0 Å². The molecule has 1 atom stereocenters. The zero-order valence-corrected chi connectivity index (χ0v) is 15.4. The lowest BCUT2D eigenvalue weighted by Crippen LogP contribution is -2.44. The number of hydrogen-bond donors (Lipinski definition) is 4. The lowest BCUT2D eigenvalue weighted by Gasteiger charge is -2.18. The Labute approximate surface area is 162 Å². The largest absolute Gasteiger partial charge is 0.481 e. The van der Waals surface area contributed by atoms with Crippen molar-refractivity contribution in [1.29, 1.82) is 0 Å². The van der Waals surface area contributed by atoms with E-state index in [-0.39, 0.29) is 38.3 Å². The number of carboxylic acid groups (broad SMARTS) is 1. The van der Waals surface area contributed by atoms with Crippen LogP contribution in [0.3, 0.4) is 0 Å². The van der Waals surface area contributed by atoms with Crippen molar-refractivity contribution in [2.45, 2.75) is 31.7 Å². The van der Waals surface area contributed by atoms with Crippen molar-refractivity contribution in [2.75, 3.05) is 13.1 Å². The van der Waals surface area contributed by atoms with Gasteiger partial charge in [-0.2, -0.15) is 0 Å². The van der Waals surface area contributed by atoms with Crippen LogP contribution in [0.25, 0.3) is 11.3 Å². The van der Waals surface area contributed by atoms with Crippen LogP contribution in [0.5, 0.6) is 0 Å². The molecule has 1 aromatic heterocycles. The van der Waals surface area contributed by atoms with Gasteiger partial charge in [-0.05, 0) is 6.42 Å². The monoisotopic (exact) mass is 388 g/mol. The first-order valence-electron chi connectivity index (χ1n) is 8.95. The van der Waals surface area contributed by atoms with Gasteiger partial charge in [0.05, 0.1) is 12.2 Å². The Morgan fingerprint density at radius 3 is 2.61 bits per heavy atom. The highest BCUT2D eigenvalue weighted by atomic mass is 16.5. The van der Waals surface area contributed by atoms with E-state index in [1.54, 1.807) is 6.07 Å². The molecule has 0 bridgehead atoms. The van der Waals surface area contributed by atoms with E-state index in [0.717, 1.165) is 5.56 Å². The molecule has 1 unspecified atom stereocenters. The van der Waals surface area contributed by atoms with E-state index < -0.39 is 17.9 Å². The highest BCUT2D eigenvalue weighted by molar-refractivity contribution is 5.77. The molecule has 1 aromatic carbocycles. The number of primary amides is 1. The average molecular weight is 388 g/mol. The average Bonchev–Trinajstić information content (AvgIpc) is 3.14. The summed E-state index contributed by atoms with van der Waals surface area (Å²) >= 11 is 0. The molecule has 2 rings (SSSR count). The number of carboxylic acids is 1. The highest BCUT2D eigenvalue weighted by Gasteiger charge is 2.15. The van der Waals surface area contributed by atoms with Gasteiger partial charge in [-0.25, -0.2) is 0 Å². The fourth-order valence-corrected chi connectivity index (χ4v) is 2.60. The minimum atomic E-state index is -0.954. The molecule has 28 heavy (non-hydrogen) atoms. The lowest BCUT2D eigenvalue weighted by atomic mass is 10.1. The van der Waals surface area contributed by atoms with Gasteiger partial charge in [0.15, 0.2) is 5.76 Å². The summed E-state index contributed by atoms with van der Waals surface area (Å²) in [5, 5.41) is 18.4. The minimum absolute atomic E-state index is 0.0410. The Morgan fingerprint density at radius 2 is 1.93 bits per heavy atom. The molecule has 5 N–H and O–H groups in total. The van der Waals surface area contributed by atoms with Gasteiger partial charge in [-0.15, -0.1) is 0 Å². The quantitative estimate of drug-likeness (QED) is 0.418. The zero-order chi connectivity index (χ0) is 20.4. The summed E-state index contributed by atoms with van der Waals surface area (Å²) in [6.45, 7) is 0.213. The summed E-state index contributed by atoms with van der Waals surface area (Å²) in [4.78, 5) is 33.8. The number of aliphatic carboxylic acids is 1. The number of benzene rings is 1. The minimum Gasteiger partial charge on any atom is -0.481 e. The van der Waals surface area contributed by atoms with E-state index in [4.69, 9.17) is 15.4 Å². The number of aromatic nitrogens is 1. The predicted molar refractivity (Wildman–Crippen MR) is 101 cm³/mol. The topological polar surface area (TPSA) is 148 Å². The molecule has 0 aliphatic heterocycles. The smallest absolute Gasteiger partial charge is 0.303 e. The maximum Gasteiger partial charge on any atom is 0.303 e. The van der Waals surface area contributed by atoms with Crippen LogP contribution in [0.1, 0.15) is 25.0 Å². The van der Waals surface area contributed by atoms with Crippen LogP contribution in [-0.2, 0) is 20.8 Å². The summed E-state index contributed by atoms with van der Waals surface area (Å²) in [5.74, 6) is -1.08. The number of aryl methyl sites for hydroxylation is 1. The van der Waals surface area contributed by atoms with E-state index in [9.17, 15) is 14.4 Å². The first-order chi connectivity index (χ1) is 13.4. The number of amides is 2. The van der Waals surface area contributed by atoms with Crippen molar-refractivity contribution in [3.63, 3.8) is 0 Å². The van der Waals surface area contributed by atoms with Gasteiger partial charge in [-0.1, -0.05) is 35.5 Å². The molecule has 0 saturated heterocycles.